The van der Waals surface area contributed by atoms with Gasteiger partial charge in [0.2, 0.25) is 0 Å². The molecule has 19 heavy (non-hydrogen) atoms. The summed E-state index contributed by atoms with van der Waals surface area (Å²) in [5.74, 6) is -2.12. The number of halogens is 1. The third-order valence-corrected chi connectivity index (χ3v) is 3.25. The molecule has 0 aromatic heterocycles. The number of carboxylic acids is 1. The fourth-order valence-corrected chi connectivity index (χ4v) is 2.26. The molecule has 0 bridgehead atoms. The summed E-state index contributed by atoms with van der Waals surface area (Å²) >= 11 is 0. The molecule has 2 rings (SSSR count). The molecule has 7 heteroatoms. The normalized spacial score (nSPS) is 19.2. The van der Waals surface area contributed by atoms with Gasteiger partial charge >= 0.3 is 5.97 Å². The molecule has 1 aliphatic rings. The van der Waals surface area contributed by atoms with Gasteiger partial charge in [0.25, 0.3) is 5.69 Å². The molecule has 0 radical (unpaired) electrons. The van der Waals surface area contributed by atoms with Gasteiger partial charge in [0.05, 0.1) is 22.6 Å². The number of piperidine rings is 1. The summed E-state index contributed by atoms with van der Waals surface area (Å²) in [4.78, 5) is 22.4. The van der Waals surface area contributed by atoms with E-state index >= 15 is 0 Å². The zero-order valence-corrected chi connectivity index (χ0v) is 10.1. The van der Waals surface area contributed by atoms with Crippen LogP contribution in [-0.4, -0.2) is 29.1 Å². The number of aliphatic carboxylic acids is 1. The van der Waals surface area contributed by atoms with Gasteiger partial charge in [-0.1, -0.05) is 0 Å². The Morgan fingerprint density at radius 2 is 2.26 bits per heavy atom. The molecule has 1 aromatic rings. The highest BCUT2D eigenvalue weighted by Crippen LogP contribution is 2.28. The number of anilines is 1. The summed E-state index contributed by atoms with van der Waals surface area (Å²) in [5.41, 5.74) is -0.0930. The first-order valence-corrected chi connectivity index (χ1v) is 5.90. The van der Waals surface area contributed by atoms with Gasteiger partial charge in [-0.3, -0.25) is 14.9 Å². The van der Waals surface area contributed by atoms with Crippen LogP contribution in [0.3, 0.4) is 0 Å². The van der Waals surface area contributed by atoms with Crippen LogP contribution >= 0.6 is 0 Å². The highest BCUT2D eigenvalue weighted by molar-refractivity contribution is 5.71. The van der Waals surface area contributed by atoms with E-state index in [4.69, 9.17) is 5.11 Å². The van der Waals surface area contributed by atoms with Crippen molar-refractivity contribution < 1.29 is 19.2 Å². The van der Waals surface area contributed by atoms with Crippen molar-refractivity contribution >= 4 is 17.3 Å². The maximum Gasteiger partial charge on any atom is 0.308 e. The van der Waals surface area contributed by atoms with Crippen LogP contribution in [0.4, 0.5) is 15.8 Å². The van der Waals surface area contributed by atoms with Gasteiger partial charge in [-0.05, 0) is 18.9 Å². The minimum atomic E-state index is -0.896. The SMILES string of the molecule is O=C(O)[C@@H]1CCCN(c2ccc([N+](=O)[O-])cc2F)C1. The van der Waals surface area contributed by atoms with Crippen LogP contribution in [0.5, 0.6) is 0 Å². The first kappa shape index (κ1) is 13.3. The molecule has 0 aliphatic carbocycles. The first-order chi connectivity index (χ1) is 8.99. The average Bonchev–Trinajstić information content (AvgIpc) is 2.38. The predicted molar refractivity (Wildman–Crippen MR) is 65.6 cm³/mol. The summed E-state index contributed by atoms with van der Waals surface area (Å²) in [6.07, 6.45) is 1.23. The lowest BCUT2D eigenvalue weighted by atomic mass is 9.98. The Labute approximate surface area is 108 Å². The molecule has 1 fully saturated rings. The molecule has 1 atom stereocenters. The zero-order chi connectivity index (χ0) is 14.0. The maximum atomic E-state index is 13.8. The predicted octanol–water partition coefficient (Wildman–Crippen LogP) is 2.03. The number of hydrogen-bond acceptors (Lipinski definition) is 4. The Kier molecular flexibility index (Phi) is 3.64. The van der Waals surface area contributed by atoms with Gasteiger partial charge < -0.3 is 10.0 Å². The van der Waals surface area contributed by atoms with Crippen LogP contribution in [0.25, 0.3) is 0 Å². The Balaban J connectivity index is 2.22. The van der Waals surface area contributed by atoms with Crippen LogP contribution < -0.4 is 4.90 Å². The van der Waals surface area contributed by atoms with Crippen molar-refractivity contribution in [1.82, 2.24) is 0 Å². The van der Waals surface area contributed by atoms with Gasteiger partial charge in [-0.2, -0.15) is 0 Å². The van der Waals surface area contributed by atoms with E-state index in [9.17, 15) is 19.3 Å². The van der Waals surface area contributed by atoms with Crippen LogP contribution in [0.15, 0.2) is 18.2 Å². The molecule has 0 unspecified atom stereocenters. The molecular weight excluding hydrogens is 255 g/mol. The van der Waals surface area contributed by atoms with Crippen molar-refractivity contribution in [1.29, 1.82) is 0 Å². The molecule has 1 saturated heterocycles. The van der Waals surface area contributed by atoms with Crippen molar-refractivity contribution in [2.24, 2.45) is 5.92 Å². The van der Waals surface area contributed by atoms with Crippen molar-refractivity contribution in [2.45, 2.75) is 12.8 Å². The number of non-ortho nitro benzene ring substituents is 1. The van der Waals surface area contributed by atoms with E-state index < -0.39 is 22.6 Å². The molecule has 0 saturated carbocycles. The third-order valence-electron chi connectivity index (χ3n) is 3.25. The van der Waals surface area contributed by atoms with Gasteiger partial charge in [0, 0.05) is 19.2 Å². The van der Waals surface area contributed by atoms with Crippen molar-refractivity contribution in [3.8, 4) is 0 Å². The lowest BCUT2D eigenvalue weighted by Crippen LogP contribution is -2.39. The number of carbonyl (C=O) groups is 1. The standard InChI is InChI=1S/C12H13FN2O4/c13-10-6-9(15(18)19)3-4-11(10)14-5-1-2-8(7-14)12(16)17/h3-4,6,8H,1-2,5,7H2,(H,16,17)/t8-/m1/s1. The zero-order valence-electron chi connectivity index (χ0n) is 10.1. The maximum absolute atomic E-state index is 13.8. The van der Waals surface area contributed by atoms with E-state index in [1.807, 2.05) is 0 Å². The summed E-state index contributed by atoms with van der Waals surface area (Å²) in [6, 6.07) is 3.42. The fraction of sp³-hybridized carbons (Fsp3) is 0.417. The van der Waals surface area contributed by atoms with Crippen LogP contribution in [0, 0.1) is 21.8 Å². The second-order valence-corrected chi connectivity index (χ2v) is 4.52. The summed E-state index contributed by atoms with van der Waals surface area (Å²) in [7, 11) is 0. The Hall–Kier alpha value is -2.18. The Morgan fingerprint density at radius 3 is 2.84 bits per heavy atom. The van der Waals surface area contributed by atoms with Crippen molar-refractivity contribution in [3.05, 3.63) is 34.1 Å². The van der Waals surface area contributed by atoms with Crippen LogP contribution in [-0.2, 0) is 4.79 Å². The quantitative estimate of drug-likeness (QED) is 0.669. The van der Waals surface area contributed by atoms with Gasteiger partial charge in [0.1, 0.15) is 0 Å². The topological polar surface area (TPSA) is 83.7 Å². The smallest absolute Gasteiger partial charge is 0.308 e. The average molecular weight is 268 g/mol. The van der Waals surface area contributed by atoms with Crippen molar-refractivity contribution in [3.63, 3.8) is 0 Å². The fourth-order valence-electron chi connectivity index (χ4n) is 2.26. The van der Waals surface area contributed by atoms with Gasteiger partial charge in [-0.15, -0.1) is 0 Å². The number of benzene rings is 1. The number of nitro benzene ring substituents is 1. The van der Waals surface area contributed by atoms with E-state index in [1.165, 1.54) is 12.1 Å². The summed E-state index contributed by atoms with van der Waals surface area (Å²) < 4.78 is 13.8. The van der Waals surface area contributed by atoms with E-state index in [1.54, 1.807) is 4.90 Å². The monoisotopic (exact) mass is 268 g/mol. The lowest BCUT2D eigenvalue weighted by molar-refractivity contribution is -0.385. The number of nitro groups is 1. The molecule has 0 amide bonds. The molecule has 0 spiro atoms. The molecule has 102 valence electrons. The molecule has 1 aliphatic heterocycles. The minimum Gasteiger partial charge on any atom is -0.481 e. The van der Waals surface area contributed by atoms with E-state index in [2.05, 4.69) is 0 Å². The van der Waals surface area contributed by atoms with Gasteiger partial charge in [0.15, 0.2) is 5.82 Å². The second kappa shape index (κ2) is 5.21. The number of nitrogens with zero attached hydrogens (tertiary/aromatic N) is 2. The first-order valence-electron chi connectivity index (χ1n) is 5.90. The van der Waals surface area contributed by atoms with Crippen molar-refractivity contribution in [2.75, 3.05) is 18.0 Å². The molecule has 1 heterocycles. The third kappa shape index (κ3) is 2.81. The minimum absolute atomic E-state index is 0.219. The van der Waals surface area contributed by atoms with E-state index in [0.717, 1.165) is 6.07 Å². The van der Waals surface area contributed by atoms with E-state index in [-0.39, 0.29) is 17.9 Å². The largest absolute Gasteiger partial charge is 0.481 e. The number of rotatable bonds is 3. The van der Waals surface area contributed by atoms with E-state index in [0.29, 0.717) is 19.4 Å². The molecular formula is C12H13FN2O4. The Morgan fingerprint density at radius 1 is 1.53 bits per heavy atom. The summed E-state index contributed by atoms with van der Waals surface area (Å²) in [5, 5.41) is 19.5. The molecule has 1 aromatic carbocycles. The lowest BCUT2D eigenvalue weighted by Gasteiger charge is -2.32. The Bertz CT molecular complexity index is 520. The van der Waals surface area contributed by atoms with Gasteiger partial charge in [-0.25, -0.2) is 4.39 Å². The second-order valence-electron chi connectivity index (χ2n) is 4.52. The van der Waals surface area contributed by atoms with Crippen LogP contribution in [0.1, 0.15) is 12.8 Å². The van der Waals surface area contributed by atoms with Crippen LogP contribution in [0.2, 0.25) is 0 Å². The molecule has 6 nitrogen and oxygen atoms in total. The number of carboxylic acid groups (broad SMARTS) is 1. The highest BCUT2D eigenvalue weighted by Gasteiger charge is 2.27. The molecule has 1 N–H and O–H groups in total. The highest BCUT2D eigenvalue weighted by atomic mass is 19.1. The number of hydrogen-bond donors (Lipinski definition) is 1. The summed E-state index contributed by atoms with van der Waals surface area (Å²) in [6.45, 7) is 0.780.